The van der Waals surface area contributed by atoms with Crippen molar-refractivity contribution < 1.29 is 4.74 Å². The summed E-state index contributed by atoms with van der Waals surface area (Å²) < 4.78 is 5.94. The molecule has 0 radical (unpaired) electrons. The van der Waals surface area contributed by atoms with E-state index in [9.17, 15) is 0 Å². The Morgan fingerprint density at radius 3 is 2.21 bits per heavy atom. The van der Waals surface area contributed by atoms with Crippen molar-refractivity contribution in [3.8, 4) is 0 Å². The van der Waals surface area contributed by atoms with Crippen LogP contribution in [0.25, 0.3) is 0 Å². The van der Waals surface area contributed by atoms with E-state index in [0.717, 1.165) is 6.42 Å². The zero-order valence-electron chi connectivity index (χ0n) is 12.4. The number of benzene rings is 1. The molecule has 1 heterocycles. The van der Waals surface area contributed by atoms with Gasteiger partial charge in [0.05, 0.1) is 18.2 Å². The lowest BCUT2D eigenvalue weighted by Gasteiger charge is -2.28. The molecule has 5 unspecified atom stereocenters. The highest BCUT2D eigenvalue weighted by molar-refractivity contribution is 5.26. The topological polar surface area (TPSA) is 47.3 Å². The second-order valence-electron chi connectivity index (χ2n) is 5.72. The molecule has 1 fully saturated rings. The lowest BCUT2D eigenvalue weighted by molar-refractivity contribution is 0.0475. The van der Waals surface area contributed by atoms with Crippen LogP contribution in [0.1, 0.15) is 44.9 Å². The molecular formula is C16H26N2O. The number of aryl methyl sites for hydroxylation is 1. The Morgan fingerprint density at radius 2 is 1.79 bits per heavy atom. The number of hydrazine groups is 1. The zero-order chi connectivity index (χ0) is 14.0. The minimum Gasteiger partial charge on any atom is -0.375 e. The Bertz CT molecular complexity index is 404. The molecule has 0 bridgehead atoms. The predicted octanol–water partition coefficient (Wildman–Crippen LogP) is 2.81. The van der Waals surface area contributed by atoms with Gasteiger partial charge in [0.25, 0.3) is 0 Å². The Hall–Kier alpha value is -0.900. The second-order valence-corrected chi connectivity index (χ2v) is 5.72. The number of nitrogens with one attached hydrogen (secondary N) is 1. The maximum Gasteiger partial charge on any atom is 0.0601 e. The number of hydrogen-bond acceptors (Lipinski definition) is 3. The van der Waals surface area contributed by atoms with Gasteiger partial charge in [-0.2, -0.15) is 0 Å². The van der Waals surface area contributed by atoms with Gasteiger partial charge in [-0.25, -0.2) is 0 Å². The third-order valence-electron chi connectivity index (χ3n) is 4.63. The molecule has 1 aliphatic heterocycles. The lowest BCUT2D eigenvalue weighted by Crippen LogP contribution is -2.38. The van der Waals surface area contributed by atoms with E-state index in [-0.39, 0.29) is 12.1 Å². The van der Waals surface area contributed by atoms with E-state index >= 15 is 0 Å². The van der Waals surface area contributed by atoms with Crippen LogP contribution in [0.2, 0.25) is 0 Å². The Labute approximate surface area is 116 Å². The molecule has 0 aliphatic carbocycles. The first-order valence-electron chi connectivity index (χ1n) is 7.28. The quantitative estimate of drug-likeness (QED) is 0.648. The Morgan fingerprint density at radius 1 is 1.16 bits per heavy atom. The molecule has 2 rings (SSSR count). The third-order valence-corrected chi connectivity index (χ3v) is 4.63. The summed E-state index contributed by atoms with van der Waals surface area (Å²) in [5.41, 5.74) is 5.61. The zero-order valence-corrected chi connectivity index (χ0v) is 12.4. The number of nitrogens with two attached hydrogens (primary N) is 1. The van der Waals surface area contributed by atoms with E-state index in [4.69, 9.17) is 10.6 Å². The molecule has 1 saturated heterocycles. The van der Waals surface area contributed by atoms with Crippen molar-refractivity contribution in [2.45, 2.75) is 52.4 Å². The molecule has 3 nitrogen and oxygen atoms in total. The molecule has 1 aromatic carbocycles. The highest BCUT2D eigenvalue weighted by Crippen LogP contribution is 2.40. The molecule has 106 valence electrons. The third kappa shape index (κ3) is 2.83. The smallest absolute Gasteiger partial charge is 0.0601 e. The first kappa shape index (κ1) is 14.5. The summed E-state index contributed by atoms with van der Waals surface area (Å²) in [4.78, 5) is 0. The van der Waals surface area contributed by atoms with Crippen molar-refractivity contribution in [3.05, 3.63) is 35.4 Å². The summed E-state index contributed by atoms with van der Waals surface area (Å²) in [6.45, 7) is 8.72. The maximum absolute atomic E-state index is 5.94. The molecule has 0 aromatic heterocycles. The van der Waals surface area contributed by atoms with Gasteiger partial charge in [0.1, 0.15) is 0 Å². The lowest BCUT2D eigenvalue weighted by atomic mass is 9.80. The maximum atomic E-state index is 5.94. The van der Waals surface area contributed by atoms with Gasteiger partial charge in [0.2, 0.25) is 0 Å². The molecule has 0 spiro atoms. The van der Waals surface area contributed by atoms with Crippen LogP contribution in [-0.2, 0) is 11.2 Å². The van der Waals surface area contributed by atoms with E-state index in [1.165, 1.54) is 11.1 Å². The van der Waals surface area contributed by atoms with Gasteiger partial charge in [-0.3, -0.25) is 11.3 Å². The highest BCUT2D eigenvalue weighted by Gasteiger charge is 2.41. The summed E-state index contributed by atoms with van der Waals surface area (Å²) in [6.07, 6.45) is 1.60. The minimum atomic E-state index is 0.154. The summed E-state index contributed by atoms with van der Waals surface area (Å²) >= 11 is 0. The molecule has 5 atom stereocenters. The average molecular weight is 262 g/mol. The van der Waals surface area contributed by atoms with Gasteiger partial charge in [0.15, 0.2) is 0 Å². The van der Waals surface area contributed by atoms with Crippen molar-refractivity contribution in [1.82, 2.24) is 5.43 Å². The first-order chi connectivity index (χ1) is 9.08. The summed E-state index contributed by atoms with van der Waals surface area (Å²) in [7, 11) is 0. The van der Waals surface area contributed by atoms with Crippen LogP contribution in [0.4, 0.5) is 0 Å². The van der Waals surface area contributed by atoms with Crippen LogP contribution >= 0.6 is 0 Å². The van der Waals surface area contributed by atoms with Crippen LogP contribution in [-0.4, -0.2) is 12.2 Å². The van der Waals surface area contributed by atoms with Crippen molar-refractivity contribution in [2.75, 3.05) is 0 Å². The van der Waals surface area contributed by atoms with Crippen molar-refractivity contribution in [3.63, 3.8) is 0 Å². The number of rotatable bonds is 4. The van der Waals surface area contributed by atoms with E-state index in [1.807, 2.05) is 0 Å². The van der Waals surface area contributed by atoms with Crippen molar-refractivity contribution >= 4 is 0 Å². The fourth-order valence-corrected chi connectivity index (χ4v) is 3.26. The number of ether oxygens (including phenoxy) is 1. The van der Waals surface area contributed by atoms with Crippen LogP contribution < -0.4 is 11.3 Å². The van der Waals surface area contributed by atoms with E-state index < -0.39 is 0 Å². The fourth-order valence-electron chi connectivity index (χ4n) is 3.26. The van der Waals surface area contributed by atoms with E-state index in [0.29, 0.717) is 17.9 Å². The predicted molar refractivity (Wildman–Crippen MR) is 78.5 cm³/mol. The standard InChI is InChI=1S/C16H26N2O/c1-5-13-6-8-14(9-7-13)16(18-17)15-10(2)11(3)19-12(15)4/h6-12,15-16,18H,5,17H2,1-4H3. The van der Waals surface area contributed by atoms with E-state index in [1.54, 1.807) is 0 Å². The molecule has 0 amide bonds. The highest BCUT2D eigenvalue weighted by atomic mass is 16.5. The molecular weight excluding hydrogens is 236 g/mol. The van der Waals surface area contributed by atoms with Crippen molar-refractivity contribution in [1.29, 1.82) is 0 Å². The molecule has 0 saturated carbocycles. The normalized spacial score (nSPS) is 32.5. The molecule has 1 aliphatic rings. The summed E-state index contributed by atoms with van der Waals surface area (Å²) in [5, 5.41) is 0. The fraction of sp³-hybridized carbons (Fsp3) is 0.625. The minimum absolute atomic E-state index is 0.154. The van der Waals surface area contributed by atoms with Gasteiger partial charge in [-0.1, -0.05) is 38.1 Å². The molecule has 1 aromatic rings. The van der Waals surface area contributed by atoms with Gasteiger partial charge in [0, 0.05) is 5.92 Å². The Balaban J connectivity index is 2.23. The van der Waals surface area contributed by atoms with Crippen molar-refractivity contribution in [2.24, 2.45) is 17.7 Å². The summed E-state index contributed by atoms with van der Waals surface area (Å²) in [5.74, 6) is 6.73. The van der Waals surface area contributed by atoms with Gasteiger partial charge in [-0.15, -0.1) is 0 Å². The Kier molecular flexibility index (Phi) is 4.61. The summed E-state index contributed by atoms with van der Waals surface area (Å²) in [6, 6.07) is 8.90. The first-order valence-corrected chi connectivity index (χ1v) is 7.28. The van der Waals surface area contributed by atoms with Crippen LogP contribution in [0.15, 0.2) is 24.3 Å². The molecule has 3 heteroatoms. The molecule has 3 N–H and O–H groups in total. The van der Waals surface area contributed by atoms with Gasteiger partial charge < -0.3 is 4.74 Å². The largest absolute Gasteiger partial charge is 0.375 e. The average Bonchev–Trinajstić information content (AvgIpc) is 2.67. The molecule has 19 heavy (non-hydrogen) atoms. The van der Waals surface area contributed by atoms with Gasteiger partial charge in [-0.05, 0) is 37.3 Å². The van der Waals surface area contributed by atoms with Gasteiger partial charge >= 0.3 is 0 Å². The number of hydrogen-bond donors (Lipinski definition) is 2. The monoisotopic (exact) mass is 262 g/mol. The second kappa shape index (κ2) is 6.04. The van der Waals surface area contributed by atoms with Crippen LogP contribution in [0.5, 0.6) is 0 Å². The van der Waals surface area contributed by atoms with Crippen LogP contribution in [0.3, 0.4) is 0 Å². The van der Waals surface area contributed by atoms with Crippen LogP contribution in [0, 0.1) is 11.8 Å². The van der Waals surface area contributed by atoms with E-state index in [2.05, 4.69) is 57.4 Å². The SMILES string of the molecule is CCc1ccc(C(NN)C2C(C)OC(C)C2C)cc1.